The Hall–Kier alpha value is -3.56. The van der Waals surface area contributed by atoms with Crippen LogP contribution >= 0.6 is 11.8 Å². The third-order valence-electron chi connectivity index (χ3n) is 4.43. The van der Waals surface area contributed by atoms with Crippen LogP contribution in [-0.2, 0) is 11.2 Å². The molecule has 5 nitrogen and oxygen atoms in total. The topological polar surface area (TPSA) is 79.2 Å². The van der Waals surface area contributed by atoms with Crippen LogP contribution in [0.25, 0.3) is 0 Å². The zero-order valence-electron chi connectivity index (χ0n) is 16.4. The van der Waals surface area contributed by atoms with Crippen molar-refractivity contribution in [1.29, 1.82) is 5.26 Å². The zero-order chi connectivity index (χ0) is 21.3. The highest BCUT2D eigenvalue weighted by molar-refractivity contribution is 7.99. The first-order valence-electron chi connectivity index (χ1n) is 9.34. The van der Waals surface area contributed by atoms with Crippen LogP contribution in [0.5, 0.6) is 0 Å². The molecule has 0 aliphatic rings. The molecule has 30 heavy (non-hydrogen) atoms. The Morgan fingerprint density at radius 2 is 1.63 bits per heavy atom. The first-order chi connectivity index (χ1) is 14.6. The second-order valence-corrected chi connectivity index (χ2v) is 7.48. The second kappa shape index (κ2) is 10.3. The van der Waals surface area contributed by atoms with Gasteiger partial charge in [0.15, 0.2) is 0 Å². The van der Waals surface area contributed by atoms with Crippen molar-refractivity contribution in [1.82, 2.24) is 5.32 Å². The molecule has 3 aromatic rings. The first kappa shape index (κ1) is 21.2. The Balaban J connectivity index is 1.63. The van der Waals surface area contributed by atoms with E-state index in [1.54, 1.807) is 24.3 Å². The predicted octanol–water partition coefficient (Wildman–Crippen LogP) is 4.47. The van der Waals surface area contributed by atoms with Crippen LogP contribution in [0.4, 0.5) is 0 Å². The molecular formula is C24H20N2O3S. The number of carbonyl (C=O) groups is 2. The number of amides is 1. The lowest BCUT2D eigenvalue weighted by Crippen LogP contribution is -2.26. The van der Waals surface area contributed by atoms with Gasteiger partial charge in [-0.1, -0.05) is 48.2 Å². The zero-order valence-corrected chi connectivity index (χ0v) is 17.2. The number of nitrogens with zero attached hydrogens (tertiary/aromatic N) is 1. The Bertz CT molecular complexity index is 1090. The Labute approximate surface area is 179 Å². The largest absolute Gasteiger partial charge is 0.465 e. The molecule has 0 aliphatic heterocycles. The highest BCUT2D eigenvalue weighted by Gasteiger charge is 2.13. The van der Waals surface area contributed by atoms with Gasteiger partial charge in [-0.3, -0.25) is 4.79 Å². The molecule has 0 saturated heterocycles. The van der Waals surface area contributed by atoms with Crippen LogP contribution in [0.2, 0.25) is 0 Å². The number of hydrogen-bond donors (Lipinski definition) is 1. The average Bonchev–Trinajstić information content (AvgIpc) is 2.79. The van der Waals surface area contributed by atoms with Crippen LogP contribution in [0.3, 0.4) is 0 Å². The van der Waals surface area contributed by atoms with Crippen molar-refractivity contribution in [2.24, 2.45) is 0 Å². The van der Waals surface area contributed by atoms with Gasteiger partial charge in [-0.05, 0) is 48.4 Å². The Morgan fingerprint density at radius 1 is 0.967 bits per heavy atom. The summed E-state index contributed by atoms with van der Waals surface area (Å²) in [5.41, 5.74) is 2.65. The van der Waals surface area contributed by atoms with E-state index in [2.05, 4.69) is 11.4 Å². The summed E-state index contributed by atoms with van der Waals surface area (Å²) >= 11 is 1.40. The molecule has 6 heteroatoms. The lowest BCUT2D eigenvalue weighted by molar-refractivity contribution is 0.0600. The molecule has 1 N–H and O–H groups in total. The maximum absolute atomic E-state index is 12.7. The molecule has 0 radical (unpaired) electrons. The number of hydrogen-bond acceptors (Lipinski definition) is 5. The summed E-state index contributed by atoms with van der Waals surface area (Å²) in [4.78, 5) is 25.8. The van der Waals surface area contributed by atoms with Crippen molar-refractivity contribution in [3.63, 3.8) is 0 Å². The highest BCUT2D eigenvalue weighted by atomic mass is 32.2. The van der Waals surface area contributed by atoms with Crippen LogP contribution in [0.15, 0.2) is 82.6 Å². The molecule has 3 aromatic carbocycles. The normalized spacial score (nSPS) is 10.1. The van der Waals surface area contributed by atoms with Gasteiger partial charge < -0.3 is 10.1 Å². The third-order valence-corrected chi connectivity index (χ3v) is 5.59. The van der Waals surface area contributed by atoms with Crippen molar-refractivity contribution in [2.45, 2.75) is 16.2 Å². The second-order valence-electron chi connectivity index (χ2n) is 6.40. The molecule has 0 heterocycles. The van der Waals surface area contributed by atoms with Gasteiger partial charge >= 0.3 is 5.97 Å². The van der Waals surface area contributed by atoms with E-state index in [1.165, 1.54) is 18.9 Å². The average molecular weight is 417 g/mol. The molecule has 0 atom stereocenters. The van der Waals surface area contributed by atoms with E-state index in [-0.39, 0.29) is 11.9 Å². The fourth-order valence-electron chi connectivity index (χ4n) is 2.85. The minimum Gasteiger partial charge on any atom is -0.465 e. The minimum atomic E-state index is -0.373. The third kappa shape index (κ3) is 5.28. The summed E-state index contributed by atoms with van der Waals surface area (Å²) in [6.07, 6.45) is 0.639. The van der Waals surface area contributed by atoms with Gasteiger partial charge in [0.1, 0.15) is 6.07 Å². The molecule has 0 fully saturated rings. The number of benzene rings is 3. The summed E-state index contributed by atoms with van der Waals surface area (Å²) in [7, 11) is 1.35. The molecule has 0 aliphatic carbocycles. The molecule has 150 valence electrons. The molecule has 0 bridgehead atoms. The maximum Gasteiger partial charge on any atom is 0.337 e. The summed E-state index contributed by atoms with van der Waals surface area (Å²) in [5.74, 6) is -0.541. The van der Waals surface area contributed by atoms with E-state index in [0.29, 0.717) is 29.7 Å². The van der Waals surface area contributed by atoms with Crippen molar-refractivity contribution in [2.75, 3.05) is 13.7 Å². The molecule has 0 unspecified atom stereocenters. The Morgan fingerprint density at radius 3 is 2.33 bits per heavy atom. The molecular weight excluding hydrogens is 396 g/mol. The van der Waals surface area contributed by atoms with Gasteiger partial charge in [0, 0.05) is 16.3 Å². The van der Waals surface area contributed by atoms with E-state index in [0.717, 1.165) is 15.4 Å². The summed E-state index contributed by atoms with van der Waals surface area (Å²) < 4.78 is 4.69. The molecule has 0 saturated carbocycles. The van der Waals surface area contributed by atoms with Gasteiger partial charge in [-0.25, -0.2) is 4.79 Å². The summed E-state index contributed by atoms with van der Waals surface area (Å²) in [6, 6.07) is 24.0. The SMILES string of the molecule is COC(=O)c1ccc(CCNC(=O)c2ccccc2Sc2ccccc2C#N)cc1. The van der Waals surface area contributed by atoms with Crippen LogP contribution in [0, 0.1) is 11.3 Å². The lowest BCUT2D eigenvalue weighted by atomic mass is 10.1. The van der Waals surface area contributed by atoms with Crippen LogP contribution in [-0.4, -0.2) is 25.5 Å². The van der Waals surface area contributed by atoms with Gasteiger partial charge in [0.25, 0.3) is 5.91 Å². The predicted molar refractivity (Wildman–Crippen MR) is 116 cm³/mol. The highest BCUT2D eigenvalue weighted by Crippen LogP contribution is 2.32. The van der Waals surface area contributed by atoms with Crippen molar-refractivity contribution < 1.29 is 14.3 Å². The molecule has 0 aromatic heterocycles. The molecule has 1 amide bonds. The summed E-state index contributed by atoms with van der Waals surface area (Å²) in [5, 5.41) is 12.2. The van der Waals surface area contributed by atoms with E-state index in [9.17, 15) is 14.9 Å². The van der Waals surface area contributed by atoms with Crippen LogP contribution < -0.4 is 5.32 Å². The number of methoxy groups -OCH3 is 1. The monoisotopic (exact) mass is 416 g/mol. The van der Waals surface area contributed by atoms with Crippen molar-refractivity contribution >= 4 is 23.6 Å². The minimum absolute atomic E-state index is 0.168. The fourth-order valence-corrected chi connectivity index (χ4v) is 3.88. The standard InChI is InChI=1S/C24H20N2O3S/c1-29-24(28)18-12-10-17(11-13-18)14-15-26-23(27)20-7-3-5-9-22(20)30-21-8-4-2-6-19(21)16-25/h2-13H,14-15H2,1H3,(H,26,27). The quantitative estimate of drug-likeness (QED) is 0.575. The fraction of sp³-hybridized carbons (Fsp3) is 0.125. The van der Waals surface area contributed by atoms with E-state index >= 15 is 0 Å². The van der Waals surface area contributed by atoms with Gasteiger partial charge in [0.05, 0.1) is 23.8 Å². The van der Waals surface area contributed by atoms with Gasteiger partial charge in [-0.2, -0.15) is 5.26 Å². The van der Waals surface area contributed by atoms with Gasteiger partial charge in [-0.15, -0.1) is 0 Å². The van der Waals surface area contributed by atoms with Crippen molar-refractivity contribution in [3.05, 3.63) is 95.1 Å². The van der Waals surface area contributed by atoms with E-state index in [1.807, 2.05) is 48.5 Å². The van der Waals surface area contributed by atoms with E-state index in [4.69, 9.17) is 4.74 Å². The number of nitrogens with one attached hydrogen (secondary N) is 1. The summed E-state index contributed by atoms with van der Waals surface area (Å²) in [6.45, 7) is 0.462. The first-order valence-corrected chi connectivity index (χ1v) is 10.2. The lowest BCUT2D eigenvalue weighted by Gasteiger charge is -2.11. The van der Waals surface area contributed by atoms with Gasteiger partial charge in [0.2, 0.25) is 0 Å². The number of ether oxygens (including phenoxy) is 1. The van der Waals surface area contributed by atoms with Crippen LogP contribution in [0.1, 0.15) is 31.8 Å². The number of esters is 1. The molecule has 0 spiro atoms. The number of nitriles is 1. The van der Waals surface area contributed by atoms with Crippen molar-refractivity contribution in [3.8, 4) is 6.07 Å². The number of carbonyl (C=O) groups excluding carboxylic acids is 2. The number of rotatable bonds is 7. The molecule has 3 rings (SSSR count). The Kier molecular flexibility index (Phi) is 7.25. The smallest absolute Gasteiger partial charge is 0.337 e. The van der Waals surface area contributed by atoms with E-state index < -0.39 is 0 Å². The maximum atomic E-state index is 12.7.